The number of fused-ring (bicyclic) bond motifs is 1. The summed E-state index contributed by atoms with van der Waals surface area (Å²) in [5.41, 5.74) is 1.95. The van der Waals surface area contributed by atoms with Gasteiger partial charge in [0.25, 0.3) is 0 Å². The molecule has 2 aromatic rings. The van der Waals surface area contributed by atoms with Crippen molar-refractivity contribution in [3.8, 4) is 0 Å². The smallest absolute Gasteiger partial charge is 0.227 e. The third-order valence-corrected chi connectivity index (χ3v) is 4.21. The van der Waals surface area contributed by atoms with Crippen LogP contribution >= 0.6 is 11.6 Å². The third-order valence-electron chi connectivity index (χ3n) is 3.98. The topological polar surface area (TPSA) is 54.6 Å². The number of carbonyl (C=O) groups is 1. The summed E-state index contributed by atoms with van der Waals surface area (Å²) in [6, 6.07) is 5.64. The molecule has 0 spiro atoms. The molecule has 1 aliphatic rings. The minimum atomic E-state index is -0.0138. The highest BCUT2D eigenvalue weighted by Gasteiger charge is 2.27. The average Bonchev–Trinajstić information content (AvgIpc) is 2.90. The maximum absolute atomic E-state index is 12.6. The third kappa shape index (κ3) is 3.11. The number of halogens is 1. The van der Waals surface area contributed by atoms with Crippen molar-refractivity contribution >= 4 is 28.4 Å². The van der Waals surface area contributed by atoms with Crippen LogP contribution in [0.2, 0.25) is 5.02 Å². The molecule has 1 N–H and O–H groups in total. The van der Waals surface area contributed by atoms with E-state index in [1.807, 2.05) is 29.3 Å². The number of ether oxygens (including phenoxy) is 2. The Morgan fingerprint density at radius 3 is 3.23 bits per heavy atom. The molecule has 22 heavy (non-hydrogen) atoms. The lowest BCUT2D eigenvalue weighted by Gasteiger charge is -2.35. The average molecular weight is 323 g/mol. The fraction of sp³-hybridized carbons (Fsp3) is 0.438. The van der Waals surface area contributed by atoms with Crippen molar-refractivity contribution in [1.29, 1.82) is 0 Å². The summed E-state index contributed by atoms with van der Waals surface area (Å²) >= 11 is 6.05. The van der Waals surface area contributed by atoms with Crippen molar-refractivity contribution in [1.82, 2.24) is 9.88 Å². The van der Waals surface area contributed by atoms with E-state index in [0.717, 1.165) is 16.5 Å². The molecule has 118 valence electrons. The largest absolute Gasteiger partial charge is 0.382 e. The number of nitrogens with one attached hydrogen (secondary N) is 1. The first-order chi connectivity index (χ1) is 10.7. The monoisotopic (exact) mass is 322 g/mol. The van der Waals surface area contributed by atoms with E-state index in [0.29, 0.717) is 37.8 Å². The quantitative estimate of drug-likeness (QED) is 0.939. The summed E-state index contributed by atoms with van der Waals surface area (Å²) < 4.78 is 10.6. The predicted octanol–water partition coefficient (Wildman–Crippen LogP) is 2.24. The fourth-order valence-corrected chi connectivity index (χ4v) is 3.05. The Balaban J connectivity index is 1.78. The highest BCUT2D eigenvalue weighted by molar-refractivity contribution is 6.31. The molecule has 0 aliphatic carbocycles. The number of hydrogen-bond donors (Lipinski definition) is 1. The summed E-state index contributed by atoms with van der Waals surface area (Å²) in [5, 5.41) is 1.67. The van der Waals surface area contributed by atoms with Gasteiger partial charge in [-0.1, -0.05) is 11.6 Å². The van der Waals surface area contributed by atoms with Gasteiger partial charge in [-0.15, -0.1) is 0 Å². The molecule has 1 saturated heterocycles. The first-order valence-electron chi connectivity index (χ1n) is 7.30. The molecular weight excluding hydrogens is 304 g/mol. The summed E-state index contributed by atoms with van der Waals surface area (Å²) in [6.07, 6.45) is 2.23. The molecule has 1 aromatic carbocycles. The molecule has 1 aromatic heterocycles. The van der Waals surface area contributed by atoms with Crippen molar-refractivity contribution in [3.63, 3.8) is 0 Å². The second-order valence-electron chi connectivity index (χ2n) is 5.45. The molecule has 2 heterocycles. The van der Waals surface area contributed by atoms with Crippen LogP contribution in [-0.4, -0.2) is 55.3 Å². The zero-order chi connectivity index (χ0) is 15.5. The van der Waals surface area contributed by atoms with Crippen LogP contribution in [0.3, 0.4) is 0 Å². The maximum atomic E-state index is 12.6. The van der Waals surface area contributed by atoms with Crippen LogP contribution in [0.15, 0.2) is 24.4 Å². The van der Waals surface area contributed by atoms with Crippen molar-refractivity contribution in [2.75, 3.05) is 33.5 Å². The number of aromatic nitrogens is 1. The van der Waals surface area contributed by atoms with E-state index in [4.69, 9.17) is 21.1 Å². The Kier molecular flexibility index (Phi) is 4.66. The zero-order valence-corrected chi connectivity index (χ0v) is 13.2. The van der Waals surface area contributed by atoms with Gasteiger partial charge in [0.1, 0.15) is 0 Å². The van der Waals surface area contributed by atoms with Gasteiger partial charge in [0.15, 0.2) is 0 Å². The molecule has 3 rings (SSSR count). The fourth-order valence-electron chi connectivity index (χ4n) is 2.87. The summed E-state index contributed by atoms with van der Waals surface area (Å²) in [4.78, 5) is 17.7. The molecular formula is C16H19ClN2O3. The summed E-state index contributed by atoms with van der Waals surface area (Å²) in [7, 11) is 1.64. The number of nitrogens with zero attached hydrogens (tertiary/aromatic N) is 1. The Morgan fingerprint density at radius 1 is 1.55 bits per heavy atom. The molecule has 1 atom stereocenters. The van der Waals surface area contributed by atoms with Crippen LogP contribution in [0.1, 0.15) is 5.56 Å². The Morgan fingerprint density at radius 2 is 2.41 bits per heavy atom. The van der Waals surface area contributed by atoms with E-state index in [2.05, 4.69) is 4.98 Å². The second-order valence-corrected chi connectivity index (χ2v) is 5.89. The van der Waals surface area contributed by atoms with Gasteiger partial charge in [-0.25, -0.2) is 0 Å². The van der Waals surface area contributed by atoms with Crippen molar-refractivity contribution < 1.29 is 14.3 Å². The molecule has 1 aliphatic heterocycles. The number of hydrogen-bond acceptors (Lipinski definition) is 3. The maximum Gasteiger partial charge on any atom is 0.227 e. The van der Waals surface area contributed by atoms with E-state index in [1.54, 1.807) is 7.11 Å². The van der Waals surface area contributed by atoms with Crippen LogP contribution < -0.4 is 0 Å². The number of H-pyrrole nitrogens is 1. The van der Waals surface area contributed by atoms with Gasteiger partial charge in [0.2, 0.25) is 5.91 Å². The normalized spacial score (nSPS) is 18.8. The zero-order valence-electron chi connectivity index (χ0n) is 12.5. The SMILES string of the molecule is COCC1COCCN1C(=O)Cc1c[nH]c2ccc(Cl)cc12. The van der Waals surface area contributed by atoms with Gasteiger partial charge >= 0.3 is 0 Å². The number of carbonyl (C=O) groups excluding carboxylic acids is 1. The minimum absolute atomic E-state index is 0.0138. The first kappa shape index (κ1) is 15.3. The molecule has 6 heteroatoms. The Bertz CT molecular complexity index is 668. The summed E-state index contributed by atoms with van der Waals surface area (Å²) in [5.74, 6) is 0.0891. The van der Waals surface area contributed by atoms with Crippen LogP contribution in [-0.2, 0) is 20.7 Å². The standard InChI is InChI=1S/C16H19ClN2O3/c1-21-9-13-10-22-5-4-19(13)16(20)6-11-8-18-15-3-2-12(17)7-14(11)15/h2-3,7-8,13,18H,4-6,9-10H2,1H3. The molecule has 1 amide bonds. The molecule has 1 fully saturated rings. The lowest BCUT2D eigenvalue weighted by molar-refractivity contribution is -0.141. The van der Waals surface area contributed by atoms with E-state index >= 15 is 0 Å². The first-order valence-corrected chi connectivity index (χ1v) is 7.68. The highest BCUT2D eigenvalue weighted by Crippen LogP contribution is 2.23. The lowest BCUT2D eigenvalue weighted by atomic mass is 10.1. The van der Waals surface area contributed by atoms with Crippen molar-refractivity contribution in [2.45, 2.75) is 12.5 Å². The van der Waals surface area contributed by atoms with Crippen LogP contribution in [0.5, 0.6) is 0 Å². The van der Waals surface area contributed by atoms with E-state index < -0.39 is 0 Å². The van der Waals surface area contributed by atoms with Gasteiger partial charge in [-0.2, -0.15) is 0 Å². The van der Waals surface area contributed by atoms with Crippen LogP contribution in [0, 0.1) is 0 Å². The van der Waals surface area contributed by atoms with Gasteiger partial charge in [-0.3, -0.25) is 4.79 Å². The summed E-state index contributed by atoms with van der Waals surface area (Å²) in [6.45, 7) is 2.20. The van der Waals surface area contributed by atoms with Crippen LogP contribution in [0.25, 0.3) is 10.9 Å². The Labute approximate surface area is 134 Å². The second kappa shape index (κ2) is 6.69. The molecule has 5 nitrogen and oxygen atoms in total. The van der Waals surface area contributed by atoms with E-state index in [1.165, 1.54) is 0 Å². The van der Waals surface area contributed by atoms with Gasteiger partial charge in [0, 0.05) is 35.8 Å². The van der Waals surface area contributed by atoms with Gasteiger partial charge in [-0.05, 0) is 23.8 Å². The lowest BCUT2D eigenvalue weighted by Crippen LogP contribution is -2.51. The van der Waals surface area contributed by atoms with E-state index in [9.17, 15) is 4.79 Å². The molecule has 0 radical (unpaired) electrons. The Hall–Kier alpha value is -1.56. The number of aromatic amines is 1. The van der Waals surface area contributed by atoms with Crippen LogP contribution in [0.4, 0.5) is 0 Å². The van der Waals surface area contributed by atoms with E-state index in [-0.39, 0.29) is 11.9 Å². The number of rotatable bonds is 4. The molecule has 1 unspecified atom stereocenters. The van der Waals surface area contributed by atoms with Gasteiger partial charge in [0.05, 0.1) is 32.3 Å². The van der Waals surface area contributed by atoms with Gasteiger partial charge < -0.3 is 19.4 Å². The predicted molar refractivity (Wildman–Crippen MR) is 85.2 cm³/mol. The molecule has 0 bridgehead atoms. The minimum Gasteiger partial charge on any atom is -0.382 e. The number of methoxy groups -OCH3 is 1. The van der Waals surface area contributed by atoms with Crippen molar-refractivity contribution in [3.05, 3.63) is 35.0 Å². The number of benzene rings is 1. The highest BCUT2D eigenvalue weighted by atomic mass is 35.5. The number of morpholine rings is 1. The van der Waals surface area contributed by atoms with Crippen molar-refractivity contribution in [2.24, 2.45) is 0 Å². The molecule has 0 saturated carbocycles. The number of amides is 1.